The van der Waals surface area contributed by atoms with Gasteiger partial charge in [-0.1, -0.05) is 23.7 Å². The summed E-state index contributed by atoms with van der Waals surface area (Å²) in [7, 11) is 3.18. The molecule has 0 atom stereocenters. The molecule has 1 aromatic heterocycles. The maximum atomic E-state index is 12.6. The Balaban J connectivity index is 1.39. The lowest BCUT2D eigenvalue weighted by Crippen LogP contribution is -2.23. The van der Waals surface area contributed by atoms with E-state index in [1.165, 1.54) is 0 Å². The summed E-state index contributed by atoms with van der Waals surface area (Å²) >= 11 is 5.96. The molecule has 0 fully saturated rings. The zero-order valence-electron chi connectivity index (χ0n) is 18.7. The van der Waals surface area contributed by atoms with E-state index >= 15 is 0 Å². The third-order valence-electron chi connectivity index (χ3n) is 5.13. The molecule has 2 N–H and O–H groups in total. The van der Waals surface area contributed by atoms with E-state index in [2.05, 4.69) is 20.6 Å². The first-order valence-electron chi connectivity index (χ1n) is 10.5. The highest BCUT2D eigenvalue weighted by Crippen LogP contribution is 2.25. The molecule has 34 heavy (non-hydrogen) atoms. The molecule has 0 aliphatic rings. The summed E-state index contributed by atoms with van der Waals surface area (Å²) in [5.74, 6) is 1.61. The summed E-state index contributed by atoms with van der Waals surface area (Å²) < 4.78 is 10.6. The predicted octanol–water partition coefficient (Wildman–Crippen LogP) is 5.49. The van der Waals surface area contributed by atoms with Gasteiger partial charge in [-0.2, -0.15) is 0 Å². The Morgan fingerprint density at radius 1 is 0.941 bits per heavy atom. The number of carbonyl (C=O) groups is 1. The fourth-order valence-electron chi connectivity index (χ4n) is 3.31. The molecule has 172 valence electrons. The molecule has 8 heteroatoms. The molecule has 1 amide bonds. The maximum absolute atomic E-state index is 12.6. The van der Waals surface area contributed by atoms with Crippen molar-refractivity contribution in [1.29, 1.82) is 0 Å². The van der Waals surface area contributed by atoms with Crippen LogP contribution >= 0.6 is 11.6 Å². The van der Waals surface area contributed by atoms with Gasteiger partial charge in [0.25, 0.3) is 5.91 Å². The number of benzene rings is 3. The fourth-order valence-corrected chi connectivity index (χ4v) is 3.44. The van der Waals surface area contributed by atoms with Gasteiger partial charge < -0.3 is 20.1 Å². The van der Waals surface area contributed by atoms with Crippen molar-refractivity contribution < 1.29 is 14.3 Å². The average Bonchev–Trinajstić information content (AvgIpc) is 2.88. The van der Waals surface area contributed by atoms with E-state index in [4.69, 9.17) is 21.1 Å². The molecule has 4 aromatic rings. The number of carbonyl (C=O) groups excluding carboxylic acids is 1. The third-order valence-corrected chi connectivity index (χ3v) is 5.38. The van der Waals surface area contributed by atoms with E-state index in [9.17, 15) is 4.79 Å². The Bertz CT molecular complexity index is 1280. The smallest absolute Gasteiger partial charge is 0.251 e. The standard InChI is InChI=1S/C26H23ClN4O3/c1-33-22-12-7-19(24(15-22)34-2)16-29-25(32)18-5-10-21(11-6-18)30-26-28-14-13-23(31-26)17-3-8-20(27)9-4-17/h3-15H,16H2,1-2H3,(H,29,32)(H,28,30,31). The van der Waals surface area contributed by atoms with Crippen LogP contribution in [-0.2, 0) is 6.54 Å². The van der Waals surface area contributed by atoms with E-state index in [0.29, 0.717) is 34.6 Å². The Kier molecular flexibility index (Phi) is 7.25. The number of nitrogens with one attached hydrogen (secondary N) is 2. The van der Waals surface area contributed by atoms with E-state index in [0.717, 1.165) is 22.5 Å². The van der Waals surface area contributed by atoms with Gasteiger partial charge in [-0.25, -0.2) is 9.97 Å². The zero-order chi connectivity index (χ0) is 23.9. The molecule has 0 bridgehead atoms. The summed E-state index contributed by atoms with van der Waals surface area (Å²) in [5.41, 5.74) is 3.87. The number of rotatable bonds is 8. The van der Waals surface area contributed by atoms with Gasteiger partial charge in [0.2, 0.25) is 5.95 Å². The number of hydrogen-bond acceptors (Lipinski definition) is 6. The van der Waals surface area contributed by atoms with E-state index in [1.54, 1.807) is 50.7 Å². The first-order chi connectivity index (χ1) is 16.6. The highest BCUT2D eigenvalue weighted by molar-refractivity contribution is 6.30. The zero-order valence-corrected chi connectivity index (χ0v) is 19.5. The van der Waals surface area contributed by atoms with Crippen LogP contribution in [0.5, 0.6) is 11.5 Å². The number of ether oxygens (including phenoxy) is 2. The van der Waals surface area contributed by atoms with Gasteiger partial charge >= 0.3 is 0 Å². The number of methoxy groups -OCH3 is 2. The summed E-state index contributed by atoms with van der Waals surface area (Å²) in [5, 5.41) is 6.75. The minimum Gasteiger partial charge on any atom is -0.497 e. The fraction of sp³-hybridized carbons (Fsp3) is 0.115. The maximum Gasteiger partial charge on any atom is 0.251 e. The van der Waals surface area contributed by atoms with Crippen LogP contribution in [0, 0.1) is 0 Å². The van der Waals surface area contributed by atoms with E-state index < -0.39 is 0 Å². The molecule has 0 saturated heterocycles. The summed E-state index contributed by atoms with van der Waals surface area (Å²) in [6.07, 6.45) is 1.69. The van der Waals surface area contributed by atoms with Crippen LogP contribution in [0.2, 0.25) is 5.02 Å². The second-order valence-electron chi connectivity index (χ2n) is 7.34. The van der Waals surface area contributed by atoms with Crippen molar-refractivity contribution in [3.8, 4) is 22.8 Å². The van der Waals surface area contributed by atoms with Crippen molar-refractivity contribution in [3.05, 3.63) is 95.1 Å². The summed E-state index contributed by atoms with van der Waals surface area (Å²) in [6.45, 7) is 0.331. The molecular formula is C26H23ClN4O3. The second-order valence-corrected chi connectivity index (χ2v) is 7.77. The van der Waals surface area contributed by atoms with Gasteiger partial charge in [0.1, 0.15) is 11.5 Å². The number of amides is 1. The van der Waals surface area contributed by atoms with Gasteiger partial charge in [-0.15, -0.1) is 0 Å². The van der Waals surface area contributed by atoms with Gasteiger partial charge in [0, 0.05) is 46.2 Å². The number of nitrogens with zero attached hydrogens (tertiary/aromatic N) is 2. The lowest BCUT2D eigenvalue weighted by molar-refractivity contribution is 0.0950. The molecule has 0 radical (unpaired) electrons. The molecule has 3 aromatic carbocycles. The Morgan fingerprint density at radius 3 is 2.41 bits per heavy atom. The molecule has 0 aliphatic carbocycles. The molecular weight excluding hydrogens is 452 g/mol. The van der Waals surface area contributed by atoms with Crippen LogP contribution in [0.1, 0.15) is 15.9 Å². The molecule has 0 spiro atoms. The number of halogens is 1. The molecule has 1 heterocycles. The van der Waals surface area contributed by atoms with E-state index in [-0.39, 0.29) is 5.91 Å². The highest BCUT2D eigenvalue weighted by atomic mass is 35.5. The normalized spacial score (nSPS) is 10.4. The lowest BCUT2D eigenvalue weighted by atomic mass is 10.1. The Hall–Kier alpha value is -4.10. The predicted molar refractivity (Wildman–Crippen MR) is 133 cm³/mol. The van der Waals surface area contributed by atoms with Crippen LogP contribution in [-0.4, -0.2) is 30.1 Å². The van der Waals surface area contributed by atoms with Crippen molar-refractivity contribution in [2.75, 3.05) is 19.5 Å². The number of anilines is 2. The average molecular weight is 475 g/mol. The van der Waals surface area contributed by atoms with Gasteiger partial charge in [0.15, 0.2) is 0 Å². The Morgan fingerprint density at radius 2 is 1.71 bits per heavy atom. The monoisotopic (exact) mass is 474 g/mol. The van der Waals surface area contributed by atoms with Crippen molar-refractivity contribution in [2.45, 2.75) is 6.54 Å². The molecule has 0 unspecified atom stereocenters. The first-order valence-corrected chi connectivity index (χ1v) is 10.9. The minimum atomic E-state index is -0.189. The molecule has 0 saturated carbocycles. The quantitative estimate of drug-likeness (QED) is 0.351. The van der Waals surface area contributed by atoms with Crippen LogP contribution in [0.25, 0.3) is 11.3 Å². The minimum absolute atomic E-state index is 0.189. The summed E-state index contributed by atoms with van der Waals surface area (Å²) in [4.78, 5) is 21.4. The topological polar surface area (TPSA) is 85.4 Å². The molecule has 0 aliphatic heterocycles. The van der Waals surface area contributed by atoms with Crippen molar-refractivity contribution in [3.63, 3.8) is 0 Å². The van der Waals surface area contributed by atoms with Crippen molar-refractivity contribution in [2.24, 2.45) is 0 Å². The molecule has 4 rings (SSSR count). The second kappa shape index (κ2) is 10.7. The Labute approximate surface area is 202 Å². The van der Waals surface area contributed by atoms with Crippen LogP contribution in [0.3, 0.4) is 0 Å². The number of hydrogen-bond donors (Lipinski definition) is 2. The van der Waals surface area contributed by atoms with Crippen molar-refractivity contribution >= 4 is 29.1 Å². The van der Waals surface area contributed by atoms with E-state index in [1.807, 2.05) is 42.5 Å². The van der Waals surface area contributed by atoms with Gasteiger partial charge in [-0.05, 0) is 54.6 Å². The van der Waals surface area contributed by atoms with Crippen LogP contribution in [0.15, 0.2) is 79.0 Å². The third kappa shape index (κ3) is 5.63. The van der Waals surface area contributed by atoms with Crippen LogP contribution in [0.4, 0.5) is 11.6 Å². The van der Waals surface area contributed by atoms with Gasteiger partial charge in [-0.3, -0.25) is 4.79 Å². The van der Waals surface area contributed by atoms with Crippen LogP contribution < -0.4 is 20.1 Å². The van der Waals surface area contributed by atoms with Crippen molar-refractivity contribution in [1.82, 2.24) is 15.3 Å². The van der Waals surface area contributed by atoms with Gasteiger partial charge in [0.05, 0.1) is 19.9 Å². The lowest BCUT2D eigenvalue weighted by Gasteiger charge is -2.12. The summed E-state index contributed by atoms with van der Waals surface area (Å²) in [6, 6.07) is 21.9. The SMILES string of the molecule is COc1ccc(CNC(=O)c2ccc(Nc3nccc(-c4ccc(Cl)cc4)n3)cc2)c(OC)c1. The largest absolute Gasteiger partial charge is 0.497 e. The number of aromatic nitrogens is 2. The molecule has 7 nitrogen and oxygen atoms in total. The first kappa shape index (κ1) is 23.1. The highest BCUT2D eigenvalue weighted by Gasteiger charge is 2.10.